The third-order valence-corrected chi connectivity index (χ3v) is 7.66. The fraction of sp³-hybridized carbons (Fsp3) is 0.600. The molecule has 0 spiro atoms. The Labute approximate surface area is 206 Å². The molecule has 1 aromatic heterocycles. The second-order valence-corrected chi connectivity index (χ2v) is 10.7. The van der Waals surface area contributed by atoms with Crippen molar-refractivity contribution in [2.24, 2.45) is 10.9 Å². The van der Waals surface area contributed by atoms with Crippen LogP contribution in [0.4, 0.5) is 0 Å². The molecule has 1 saturated heterocycles. The summed E-state index contributed by atoms with van der Waals surface area (Å²) in [6.45, 7) is 9.02. The number of fused-ring (bicyclic) bond motifs is 1. The van der Waals surface area contributed by atoms with E-state index < -0.39 is 0 Å². The van der Waals surface area contributed by atoms with E-state index in [-0.39, 0.29) is 0 Å². The molecule has 0 unspecified atom stereocenters. The molecule has 1 aromatic carbocycles. The standard InChI is InChI=1S/C30H44N4/c1-22-20-23(2)29-28(21-22)32-30(33-29)27-15-11-10-14-26(31-24(27)3)13-9-7-5-6-8-12-25-16-18-34(4)19-17-25/h14-15,20-21,25H,5-13,16-19H2,1-4H3,(H,32,33)/b26-14-,27-15+,31-24-. The number of aliphatic imine (C=N–C) groups is 1. The Kier molecular flexibility index (Phi) is 8.77. The molecule has 184 valence electrons. The molecule has 0 aliphatic carbocycles. The summed E-state index contributed by atoms with van der Waals surface area (Å²) in [7, 11) is 2.25. The van der Waals surface area contributed by atoms with Gasteiger partial charge in [0.2, 0.25) is 0 Å². The molecule has 2 aliphatic heterocycles. The number of likely N-dealkylation sites (tertiary alicyclic amines) is 1. The van der Waals surface area contributed by atoms with Gasteiger partial charge in [-0.25, -0.2) is 4.98 Å². The van der Waals surface area contributed by atoms with Crippen LogP contribution in [0.3, 0.4) is 0 Å². The summed E-state index contributed by atoms with van der Waals surface area (Å²) < 4.78 is 0. The molecule has 0 radical (unpaired) electrons. The molecular weight excluding hydrogens is 416 g/mol. The Morgan fingerprint density at radius 2 is 1.68 bits per heavy atom. The van der Waals surface area contributed by atoms with E-state index in [1.807, 2.05) is 0 Å². The summed E-state index contributed by atoms with van der Waals surface area (Å²) >= 11 is 0. The first kappa shape index (κ1) is 24.9. The van der Waals surface area contributed by atoms with Crippen molar-refractivity contribution in [3.05, 3.63) is 46.9 Å². The number of H-pyrrole nitrogens is 1. The highest BCUT2D eigenvalue weighted by atomic mass is 15.1. The van der Waals surface area contributed by atoms with Crippen LogP contribution in [0.2, 0.25) is 0 Å². The number of aryl methyl sites for hydroxylation is 2. The van der Waals surface area contributed by atoms with E-state index in [9.17, 15) is 0 Å². The normalized spacial score (nSPS) is 23.0. The second kappa shape index (κ2) is 12.0. The number of hydrogen-bond acceptors (Lipinski definition) is 3. The molecule has 1 N–H and O–H groups in total. The lowest BCUT2D eigenvalue weighted by atomic mass is 9.91. The molecule has 0 amide bonds. The Hall–Kier alpha value is -2.20. The van der Waals surface area contributed by atoms with Gasteiger partial charge in [-0.1, -0.05) is 50.3 Å². The molecule has 34 heavy (non-hydrogen) atoms. The van der Waals surface area contributed by atoms with Gasteiger partial charge in [0.15, 0.2) is 0 Å². The summed E-state index contributed by atoms with van der Waals surface area (Å²) in [5.41, 5.74) is 8.19. The maximum absolute atomic E-state index is 5.05. The first-order chi connectivity index (χ1) is 16.5. The summed E-state index contributed by atoms with van der Waals surface area (Å²) in [4.78, 5) is 16.0. The van der Waals surface area contributed by atoms with Gasteiger partial charge < -0.3 is 9.88 Å². The zero-order valence-electron chi connectivity index (χ0n) is 21.9. The molecular formula is C30H44N4. The van der Waals surface area contributed by atoms with Crippen molar-refractivity contribution in [1.29, 1.82) is 0 Å². The average Bonchev–Trinajstić information content (AvgIpc) is 3.21. The first-order valence-electron chi connectivity index (χ1n) is 13.6. The van der Waals surface area contributed by atoms with Crippen molar-refractivity contribution in [2.75, 3.05) is 20.1 Å². The van der Waals surface area contributed by atoms with Crippen molar-refractivity contribution in [2.45, 2.75) is 91.4 Å². The molecule has 0 bridgehead atoms. The van der Waals surface area contributed by atoms with E-state index in [0.29, 0.717) is 0 Å². The number of aromatic amines is 1. The maximum Gasteiger partial charge on any atom is 0.140 e. The Morgan fingerprint density at radius 1 is 0.941 bits per heavy atom. The average molecular weight is 461 g/mol. The number of aromatic nitrogens is 2. The summed E-state index contributed by atoms with van der Waals surface area (Å²) in [6, 6.07) is 4.39. The topological polar surface area (TPSA) is 44.3 Å². The number of piperidine rings is 1. The van der Waals surface area contributed by atoms with Crippen LogP contribution in [0.1, 0.15) is 94.5 Å². The number of hydrogen-bond donors (Lipinski definition) is 1. The number of nitrogens with zero attached hydrogens (tertiary/aromatic N) is 3. The molecule has 0 saturated carbocycles. The van der Waals surface area contributed by atoms with Crippen molar-refractivity contribution in [3.63, 3.8) is 0 Å². The minimum absolute atomic E-state index is 0.954. The number of rotatable bonds is 9. The van der Waals surface area contributed by atoms with Crippen LogP contribution < -0.4 is 0 Å². The van der Waals surface area contributed by atoms with E-state index in [2.05, 4.69) is 62.0 Å². The van der Waals surface area contributed by atoms with Gasteiger partial charge in [-0.3, -0.25) is 4.99 Å². The molecule has 0 atom stereocenters. The lowest BCUT2D eigenvalue weighted by Crippen LogP contribution is -2.30. The fourth-order valence-corrected chi connectivity index (χ4v) is 5.59. The van der Waals surface area contributed by atoms with E-state index in [4.69, 9.17) is 9.98 Å². The fourth-order valence-electron chi connectivity index (χ4n) is 5.59. The Bertz CT molecular complexity index is 1050. The van der Waals surface area contributed by atoms with Crippen molar-refractivity contribution >= 4 is 22.3 Å². The van der Waals surface area contributed by atoms with Crippen LogP contribution in [0.15, 0.2) is 35.0 Å². The van der Waals surface area contributed by atoms with Crippen LogP contribution in [-0.4, -0.2) is 40.7 Å². The lowest BCUT2D eigenvalue weighted by molar-refractivity contribution is 0.209. The van der Waals surface area contributed by atoms with Gasteiger partial charge in [-0.2, -0.15) is 0 Å². The zero-order valence-corrected chi connectivity index (χ0v) is 21.9. The molecule has 1 fully saturated rings. The maximum atomic E-state index is 5.05. The first-order valence-corrected chi connectivity index (χ1v) is 13.6. The van der Waals surface area contributed by atoms with E-state index >= 15 is 0 Å². The monoisotopic (exact) mass is 460 g/mol. The van der Waals surface area contributed by atoms with Crippen LogP contribution in [0.25, 0.3) is 16.6 Å². The van der Waals surface area contributed by atoms with E-state index in [1.165, 1.54) is 81.3 Å². The minimum Gasteiger partial charge on any atom is -0.338 e. The van der Waals surface area contributed by atoms with Gasteiger partial charge in [0, 0.05) is 17.0 Å². The van der Waals surface area contributed by atoms with Gasteiger partial charge in [0.25, 0.3) is 0 Å². The summed E-state index contributed by atoms with van der Waals surface area (Å²) in [6.07, 6.45) is 18.9. The largest absolute Gasteiger partial charge is 0.338 e. The minimum atomic E-state index is 0.954. The van der Waals surface area contributed by atoms with Gasteiger partial charge in [-0.15, -0.1) is 0 Å². The predicted octanol–water partition coefficient (Wildman–Crippen LogP) is 7.77. The second-order valence-electron chi connectivity index (χ2n) is 10.7. The SMILES string of the molecule is CC1=N/C(CCCCCCCC2CCN(C)CC2)=C\CC/C=C\1c1nc2c(C)cc(C)cc2[nH]1. The molecule has 2 aliphatic rings. The van der Waals surface area contributed by atoms with Crippen LogP contribution in [0, 0.1) is 19.8 Å². The number of benzene rings is 1. The molecule has 4 rings (SSSR count). The highest BCUT2D eigenvalue weighted by Gasteiger charge is 2.16. The molecule has 4 heteroatoms. The van der Waals surface area contributed by atoms with Crippen molar-refractivity contribution in [3.8, 4) is 0 Å². The molecule has 3 heterocycles. The zero-order chi connectivity index (χ0) is 23.9. The van der Waals surface area contributed by atoms with Crippen molar-refractivity contribution < 1.29 is 0 Å². The van der Waals surface area contributed by atoms with Gasteiger partial charge in [-0.05, 0) is 103 Å². The molecule has 4 nitrogen and oxygen atoms in total. The van der Waals surface area contributed by atoms with E-state index in [0.717, 1.165) is 53.3 Å². The Balaban J connectivity index is 1.25. The Morgan fingerprint density at radius 3 is 2.50 bits per heavy atom. The van der Waals surface area contributed by atoms with Gasteiger partial charge in [0.05, 0.1) is 11.0 Å². The molecule has 2 aromatic rings. The number of imidazole rings is 1. The highest BCUT2D eigenvalue weighted by Crippen LogP contribution is 2.26. The number of allylic oxidation sites excluding steroid dienone is 4. The highest BCUT2D eigenvalue weighted by molar-refractivity contribution is 6.22. The summed E-state index contributed by atoms with van der Waals surface area (Å²) in [5, 5.41) is 0. The third-order valence-electron chi connectivity index (χ3n) is 7.66. The van der Waals surface area contributed by atoms with Gasteiger partial charge in [0.1, 0.15) is 5.82 Å². The predicted molar refractivity (Wildman–Crippen MR) is 147 cm³/mol. The quantitative estimate of drug-likeness (QED) is 0.388. The smallest absolute Gasteiger partial charge is 0.140 e. The van der Waals surface area contributed by atoms with Crippen LogP contribution in [0.5, 0.6) is 0 Å². The van der Waals surface area contributed by atoms with Crippen LogP contribution >= 0.6 is 0 Å². The van der Waals surface area contributed by atoms with E-state index in [1.54, 1.807) is 0 Å². The lowest BCUT2D eigenvalue weighted by Gasteiger charge is -2.28. The van der Waals surface area contributed by atoms with Gasteiger partial charge >= 0.3 is 0 Å². The van der Waals surface area contributed by atoms with Crippen LogP contribution in [-0.2, 0) is 0 Å². The number of nitrogens with one attached hydrogen (secondary N) is 1. The third kappa shape index (κ3) is 6.69. The van der Waals surface area contributed by atoms with Crippen molar-refractivity contribution in [1.82, 2.24) is 14.9 Å². The summed E-state index contributed by atoms with van der Waals surface area (Å²) in [5.74, 6) is 1.94. The number of unbranched alkanes of at least 4 members (excludes halogenated alkanes) is 4.